The summed E-state index contributed by atoms with van der Waals surface area (Å²) in [5.41, 5.74) is 6.67. The van der Waals surface area contributed by atoms with Gasteiger partial charge in [0.15, 0.2) is 0 Å². The second-order valence-electron chi connectivity index (χ2n) is 4.03. The molecule has 0 amide bonds. The van der Waals surface area contributed by atoms with Gasteiger partial charge in [-0.3, -0.25) is 0 Å². The predicted molar refractivity (Wildman–Crippen MR) is 80.7 cm³/mol. The van der Waals surface area contributed by atoms with Crippen LogP contribution in [-0.2, 0) is 6.61 Å². The van der Waals surface area contributed by atoms with Crippen molar-refractivity contribution in [2.75, 3.05) is 0 Å². The number of halogens is 3. The quantitative estimate of drug-likeness (QED) is 0.841. The lowest BCUT2D eigenvalue weighted by atomic mass is 10.1. The third-order valence-electron chi connectivity index (χ3n) is 2.61. The molecule has 0 atom stereocenters. The molecule has 0 spiro atoms. The van der Waals surface area contributed by atoms with Crippen LogP contribution in [0.5, 0.6) is 5.75 Å². The lowest BCUT2D eigenvalue weighted by molar-refractivity contribution is 0.303. The molecule has 104 valence electrons. The van der Waals surface area contributed by atoms with Gasteiger partial charge < -0.3 is 10.5 Å². The standard InChI is InChI=1S/C14H10BrF2NOS/c15-12-6-10(17)2-4-13(12)19-7-8-5-9(16)1-3-11(8)14(18)20/h1-6H,7H2,(H2,18,20). The van der Waals surface area contributed by atoms with Gasteiger partial charge in [0.2, 0.25) is 0 Å². The predicted octanol–water partition coefficient (Wildman–Crippen LogP) is 3.94. The molecule has 0 aromatic heterocycles. The first-order valence-electron chi connectivity index (χ1n) is 5.63. The summed E-state index contributed by atoms with van der Waals surface area (Å²) in [6.07, 6.45) is 0. The van der Waals surface area contributed by atoms with Gasteiger partial charge in [-0.15, -0.1) is 0 Å². The first-order chi connectivity index (χ1) is 9.47. The molecule has 0 radical (unpaired) electrons. The summed E-state index contributed by atoms with van der Waals surface area (Å²) in [6, 6.07) is 8.16. The van der Waals surface area contributed by atoms with Crippen LogP contribution in [0.2, 0.25) is 0 Å². The molecule has 0 heterocycles. The Bertz CT molecular complexity index is 664. The molecule has 2 rings (SSSR count). The minimum Gasteiger partial charge on any atom is -0.488 e. The monoisotopic (exact) mass is 357 g/mol. The molecule has 6 heteroatoms. The van der Waals surface area contributed by atoms with Crippen molar-refractivity contribution in [1.82, 2.24) is 0 Å². The van der Waals surface area contributed by atoms with E-state index in [-0.39, 0.29) is 17.4 Å². The minimum atomic E-state index is -0.401. The smallest absolute Gasteiger partial charge is 0.134 e. The fourth-order valence-corrected chi connectivity index (χ4v) is 2.33. The van der Waals surface area contributed by atoms with Crippen molar-refractivity contribution >= 4 is 33.1 Å². The maximum atomic E-state index is 13.3. The van der Waals surface area contributed by atoms with E-state index in [0.29, 0.717) is 21.3 Å². The molecule has 0 fully saturated rings. The highest BCUT2D eigenvalue weighted by molar-refractivity contribution is 9.10. The molecule has 0 aliphatic heterocycles. The van der Waals surface area contributed by atoms with Gasteiger partial charge in [-0.25, -0.2) is 8.78 Å². The van der Waals surface area contributed by atoms with E-state index in [1.54, 1.807) is 0 Å². The average molecular weight is 358 g/mol. The Labute approximate surface area is 128 Å². The number of benzene rings is 2. The van der Waals surface area contributed by atoms with Crippen LogP contribution < -0.4 is 10.5 Å². The molecule has 0 aliphatic carbocycles. The molecule has 0 bridgehead atoms. The highest BCUT2D eigenvalue weighted by Gasteiger charge is 2.09. The van der Waals surface area contributed by atoms with E-state index in [1.807, 2.05) is 0 Å². The number of hydrogen-bond acceptors (Lipinski definition) is 2. The fourth-order valence-electron chi connectivity index (χ4n) is 1.67. The third kappa shape index (κ3) is 3.52. The molecular formula is C14H10BrF2NOS. The minimum absolute atomic E-state index is 0.0780. The van der Waals surface area contributed by atoms with Crippen molar-refractivity contribution in [2.24, 2.45) is 5.73 Å². The van der Waals surface area contributed by atoms with Gasteiger partial charge in [-0.2, -0.15) is 0 Å². The first kappa shape index (κ1) is 14.9. The van der Waals surface area contributed by atoms with Gasteiger partial charge in [0.25, 0.3) is 0 Å². The lowest BCUT2D eigenvalue weighted by Crippen LogP contribution is -2.14. The normalized spacial score (nSPS) is 10.3. The van der Waals surface area contributed by atoms with Gasteiger partial charge in [0.05, 0.1) is 4.47 Å². The fraction of sp³-hybridized carbons (Fsp3) is 0.0714. The maximum absolute atomic E-state index is 13.3. The van der Waals surface area contributed by atoms with E-state index in [1.165, 1.54) is 36.4 Å². The zero-order valence-electron chi connectivity index (χ0n) is 10.2. The van der Waals surface area contributed by atoms with Crippen LogP contribution in [0.4, 0.5) is 8.78 Å². The van der Waals surface area contributed by atoms with Crippen LogP contribution in [0.15, 0.2) is 40.9 Å². The molecule has 2 nitrogen and oxygen atoms in total. The van der Waals surface area contributed by atoms with Crippen LogP contribution in [-0.4, -0.2) is 4.99 Å². The van der Waals surface area contributed by atoms with Gasteiger partial charge in [-0.1, -0.05) is 12.2 Å². The van der Waals surface area contributed by atoms with E-state index in [9.17, 15) is 8.78 Å². The average Bonchev–Trinajstić information content (AvgIpc) is 2.37. The number of thiocarbonyl (C=S) groups is 1. The molecule has 0 aliphatic rings. The molecule has 0 saturated carbocycles. The Hall–Kier alpha value is -1.53. The third-order valence-corrected chi connectivity index (χ3v) is 3.45. The molecule has 0 saturated heterocycles. The van der Waals surface area contributed by atoms with Crippen LogP contribution in [0.25, 0.3) is 0 Å². The van der Waals surface area contributed by atoms with Crippen molar-refractivity contribution in [3.63, 3.8) is 0 Å². The van der Waals surface area contributed by atoms with E-state index >= 15 is 0 Å². The Morgan fingerprint density at radius 3 is 2.45 bits per heavy atom. The van der Waals surface area contributed by atoms with Crippen LogP contribution in [0.3, 0.4) is 0 Å². The van der Waals surface area contributed by atoms with Crippen molar-refractivity contribution in [3.8, 4) is 5.75 Å². The number of rotatable bonds is 4. The topological polar surface area (TPSA) is 35.2 Å². The van der Waals surface area contributed by atoms with Crippen molar-refractivity contribution < 1.29 is 13.5 Å². The summed E-state index contributed by atoms with van der Waals surface area (Å²) in [5.74, 6) is -0.329. The molecule has 2 N–H and O–H groups in total. The molecule has 20 heavy (non-hydrogen) atoms. The number of nitrogens with two attached hydrogens (primary N) is 1. The summed E-state index contributed by atoms with van der Waals surface area (Å²) in [5, 5.41) is 0. The van der Waals surface area contributed by atoms with Crippen LogP contribution in [0.1, 0.15) is 11.1 Å². The number of ether oxygens (including phenoxy) is 1. The molecule has 0 unspecified atom stereocenters. The maximum Gasteiger partial charge on any atom is 0.134 e. The summed E-state index contributed by atoms with van der Waals surface area (Å²) in [4.78, 5) is 0.168. The highest BCUT2D eigenvalue weighted by atomic mass is 79.9. The summed E-state index contributed by atoms with van der Waals surface area (Å²) >= 11 is 8.10. The second kappa shape index (κ2) is 6.28. The zero-order valence-corrected chi connectivity index (χ0v) is 12.6. The number of hydrogen-bond donors (Lipinski definition) is 1. The van der Waals surface area contributed by atoms with Crippen molar-refractivity contribution in [2.45, 2.75) is 6.61 Å². The van der Waals surface area contributed by atoms with Crippen molar-refractivity contribution in [1.29, 1.82) is 0 Å². The Balaban J connectivity index is 2.22. The Morgan fingerprint density at radius 2 is 1.80 bits per heavy atom. The largest absolute Gasteiger partial charge is 0.488 e. The first-order valence-corrected chi connectivity index (χ1v) is 6.83. The Kier molecular flexibility index (Phi) is 4.67. The SMILES string of the molecule is NC(=S)c1ccc(F)cc1COc1ccc(F)cc1Br. The van der Waals surface area contributed by atoms with Gasteiger partial charge in [0, 0.05) is 11.1 Å². The van der Waals surface area contributed by atoms with E-state index in [2.05, 4.69) is 15.9 Å². The van der Waals surface area contributed by atoms with Gasteiger partial charge in [-0.05, 0) is 52.3 Å². The zero-order chi connectivity index (χ0) is 14.7. The summed E-state index contributed by atoms with van der Waals surface area (Å²) in [6.45, 7) is 0.0780. The second-order valence-corrected chi connectivity index (χ2v) is 5.32. The summed E-state index contributed by atoms with van der Waals surface area (Å²) < 4.78 is 32.2. The van der Waals surface area contributed by atoms with E-state index < -0.39 is 5.82 Å². The van der Waals surface area contributed by atoms with Crippen LogP contribution >= 0.6 is 28.1 Å². The van der Waals surface area contributed by atoms with Crippen molar-refractivity contribution in [3.05, 3.63) is 63.6 Å². The van der Waals surface area contributed by atoms with Gasteiger partial charge in [0.1, 0.15) is 29.0 Å². The molecular weight excluding hydrogens is 348 g/mol. The molecule has 2 aromatic carbocycles. The van der Waals surface area contributed by atoms with Gasteiger partial charge >= 0.3 is 0 Å². The van der Waals surface area contributed by atoms with E-state index in [4.69, 9.17) is 22.7 Å². The summed E-state index contributed by atoms with van der Waals surface area (Å²) in [7, 11) is 0. The van der Waals surface area contributed by atoms with Crippen LogP contribution in [0, 0.1) is 11.6 Å². The highest BCUT2D eigenvalue weighted by Crippen LogP contribution is 2.26. The molecule has 2 aromatic rings. The lowest BCUT2D eigenvalue weighted by Gasteiger charge is -2.11. The Morgan fingerprint density at radius 1 is 1.15 bits per heavy atom. The van der Waals surface area contributed by atoms with E-state index in [0.717, 1.165) is 0 Å².